The molecule has 0 atom stereocenters. The summed E-state index contributed by atoms with van der Waals surface area (Å²) in [6, 6.07) is 0. The van der Waals surface area contributed by atoms with Crippen LogP contribution in [0.25, 0.3) is 0 Å². The molecule has 0 spiro atoms. The van der Waals surface area contributed by atoms with E-state index in [-0.39, 0.29) is 0 Å². The predicted molar refractivity (Wildman–Crippen MR) is 82.5 cm³/mol. The van der Waals surface area contributed by atoms with Gasteiger partial charge in [0.25, 0.3) is 0 Å². The molecule has 7 heteroatoms. The van der Waals surface area contributed by atoms with Gasteiger partial charge in [-0.25, -0.2) is 4.98 Å². The number of methoxy groups -OCH3 is 2. The summed E-state index contributed by atoms with van der Waals surface area (Å²) < 4.78 is 15.6. The lowest BCUT2D eigenvalue weighted by atomic mass is 10.1. The quantitative estimate of drug-likeness (QED) is 0.635. The molecule has 0 aliphatic carbocycles. The van der Waals surface area contributed by atoms with Crippen LogP contribution in [-0.4, -0.2) is 43.9 Å². The van der Waals surface area contributed by atoms with Crippen molar-refractivity contribution in [2.75, 3.05) is 45.0 Å². The smallest absolute Gasteiger partial charge is 0.243 e. The SMILES string of the molecule is COCCOc1nc(COC)nc(NCCC(C)C)c1N. The first-order valence-electron chi connectivity index (χ1n) is 7.09. The van der Waals surface area contributed by atoms with Gasteiger partial charge in [0, 0.05) is 20.8 Å². The molecule has 0 amide bonds. The van der Waals surface area contributed by atoms with Crippen molar-refractivity contribution >= 4 is 11.5 Å². The molecule has 0 saturated carbocycles. The van der Waals surface area contributed by atoms with E-state index in [0.717, 1.165) is 13.0 Å². The number of nitrogens with two attached hydrogens (primary N) is 1. The number of ether oxygens (including phenoxy) is 3. The second kappa shape index (κ2) is 9.36. The Morgan fingerprint density at radius 2 is 1.90 bits per heavy atom. The number of hydrogen-bond acceptors (Lipinski definition) is 7. The van der Waals surface area contributed by atoms with E-state index in [1.54, 1.807) is 14.2 Å². The average molecular weight is 298 g/mol. The van der Waals surface area contributed by atoms with Crippen LogP contribution in [0.2, 0.25) is 0 Å². The Labute approximate surface area is 126 Å². The number of anilines is 2. The number of hydrogen-bond donors (Lipinski definition) is 2. The molecule has 1 rings (SSSR count). The van der Waals surface area contributed by atoms with Gasteiger partial charge in [0.05, 0.1) is 6.61 Å². The van der Waals surface area contributed by atoms with Crippen molar-refractivity contribution in [2.24, 2.45) is 5.92 Å². The predicted octanol–water partition coefficient (Wildman–Crippen LogP) is 1.69. The molecule has 0 fully saturated rings. The van der Waals surface area contributed by atoms with Gasteiger partial charge < -0.3 is 25.3 Å². The lowest BCUT2D eigenvalue weighted by Crippen LogP contribution is -2.14. The van der Waals surface area contributed by atoms with Crippen molar-refractivity contribution in [2.45, 2.75) is 26.9 Å². The van der Waals surface area contributed by atoms with Crippen LogP contribution >= 0.6 is 0 Å². The zero-order valence-electron chi connectivity index (χ0n) is 13.3. The van der Waals surface area contributed by atoms with Gasteiger partial charge in [-0.05, 0) is 12.3 Å². The average Bonchev–Trinajstić information content (AvgIpc) is 2.43. The van der Waals surface area contributed by atoms with E-state index in [9.17, 15) is 0 Å². The Morgan fingerprint density at radius 1 is 1.14 bits per heavy atom. The largest absolute Gasteiger partial charge is 0.474 e. The molecule has 0 unspecified atom stereocenters. The van der Waals surface area contributed by atoms with Gasteiger partial charge in [0.15, 0.2) is 11.6 Å². The highest BCUT2D eigenvalue weighted by molar-refractivity contribution is 5.66. The summed E-state index contributed by atoms with van der Waals surface area (Å²) in [6.07, 6.45) is 1.03. The van der Waals surface area contributed by atoms with Crippen molar-refractivity contribution < 1.29 is 14.2 Å². The molecule has 0 aliphatic rings. The van der Waals surface area contributed by atoms with E-state index in [4.69, 9.17) is 19.9 Å². The third-order valence-corrected chi connectivity index (χ3v) is 2.77. The van der Waals surface area contributed by atoms with Crippen molar-refractivity contribution in [1.29, 1.82) is 0 Å². The fraction of sp³-hybridized carbons (Fsp3) is 0.714. The van der Waals surface area contributed by atoms with E-state index in [1.807, 2.05) is 0 Å². The van der Waals surface area contributed by atoms with Gasteiger partial charge >= 0.3 is 0 Å². The minimum absolute atomic E-state index is 0.305. The molecular weight excluding hydrogens is 272 g/mol. The van der Waals surface area contributed by atoms with E-state index < -0.39 is 0 Å². The second-order valence-corrected chi connectivity index (χ2v) is 5.09. The maximum Gasteiger partial charge on any atom is 0.243 e. The summed E-state index contributed by atoms with van der Waals surface area (Å²) in [5, 5.41) is 3.23. The summed E-state index contributed by atoms with van der Waals surface area (Å²) in [4.78, 5) is 8.62. The first kappa shape index (κ1) is 17.5. The Bertz CT molecular complexity index is 427. The zero-order valence-corrected chi connectivity index (χ0v) is 13.3. The van der Waals surface area contributed by atoms with E-state index in [2.05, 4.69) is 29.1 Å². The highest BCUT2D eigenvalue weighted by atomic mass is 16.5. The molecule has 0 saturated heterocycles. The Hall–Kier alpha value is -1.60. The fourth-order valence-corrected chi connectivity index (χ4v) is 1.63. The molecule has 3 N–H and O–H groups in total. The Balaban J connectivity index is 2.82. The zero-order chi connectivity index (χ0) is 15.7. The maximum atomic E-state index is 6.05. The lowest BCUT2D eigenvalue weighted by molar-refractivity contribution is 0.142. The number of rotatable bonds is 10. The van der Waals surface area contributed by atoms with Crippen LogP contribution in [0.15, 0.2) is 0 Å². The van der Waals surface area contributed by atoms with Gasteiger partial charge in [-0.3, -0.25) is 0 Å². The topological polar surface area (TPSA) is 91.5 Å². The van der Waals surface area contributed by atoms with Crippen LogP contribution in [0.3, 0.4) is 0 Å². The molecule has 0 bridgehead atoms. The van der Waals surface area contributed by atoms with Gasteiger partial charge in [0.1, 0.15) is 18.9 Å². The molecule has 120 valence electrons. The van der Waals surface area contributed by atoms with Crippen molar-refractivity contribution in [3.63, 3.8) is 0 Å². The number of aromatic nitrogens is 2. The van der Waals surface area contributed by atoms with Gasteiger partial charge in [0.2, 0.25) is 5.88 Å². The van der Waals surface area contributed by atoms with Crippen LogP contribution in [0, 0.1) is 5.92 Å². The number of nitrogen functional groups attached to an aromatic ring is 1. The molecule has 21 heavy (non-hydrogen) atoms. The van der Waals surface area contributed by atoms with Crippen LogP contribution in [0.1, 0.15) is 26.1 Å². The number of nitrogens with zero attached hydrogens (tertiary/aromatic N) is 2. The molecule has 1 aromatic heterocycles. The fourth-order valence-electron chi connectivity index (χ4n) is 1.63. The highest BCUT2D eigenvalue weighted by Crippen LogP contribution is 2.26. The Kier molecular flexibility index (Phi) is 7.78. The van der Waals surface area contributed by atoms with Crippen molar-refractivity contribution in [1.82, 2.24) is 9.97 Å². The molecular formula is C14H26N4O3. The summed E-state index contributed by atoms with van der Waals surface area (Å²) >= 11 is 0. The molecule has 1 aromatic rings. The normalized spacial score (nSPS) is 10.9. The van der Waals surface area contributed by atoms with Gasteiger partial charge in [-0.1, -0.05) is 13.8 Å². The van der Waals surface area contributed by atoms with Crippen molar-refractivity contribution in [3.8, 4) is 5.88 Å². The van der Waals surface area contributed by atoms with Crippen LogP contribution in [0.4, 0.5) is 11.5 Å². The minimum atomic E-state index is 0.305. The third kappa shape index (κ3) is 6.14. The molecule has 7 nitrogen and oxygen atoms in total. The molecule has 0 aromatic carbocycles. The third-order valence-electron chi connectivity index (χ3n) is 2.77. The van der Waals surface area contributed by atoms with Gasteiger partial charge in [-0.15, -0.1) is 0 Å². The van der Waals surface area contributed by atoms with Crippen LogP contribution in [-0.2, 0) is 16.1 Å². The summed E-state index contributed by atoms with van der Waals surface area (Å²) in [5.41, 5.74) is 6.47. The molecule has 1 heterocycles. The summed E-state index contributed by atoms with van der Waals surface area (Å²) in [6.45, 7) is 6.29. The first-order chi connectivity index (χ1) is 10.1. The maximum absolute atomic E-state index is 6.05. The number of nitrogens with one attached hydrogen (secondary N) is 1. The van der Waals surface area contributed by atoms with Crippen molar-refractivity contribution in [3.05, 3.63) is 5.82 Å². The summed E-state index contributed by atoms with van der Waals surface area (Å²) in [5.74, 6) is 2.09. The van der Waals surface area contributed by atoms with Gasteiger partial charge in [-0.2, -0.15) is 4.98 Å². The Morgan fingerprint density at radius 3 is 2.52 bits per heavy atom. The first-order valence-corrected chi connectivity index (χ1v) is 7.09. The standard InChI is InChI=1S/C14H26N4O3/c1-10(2)5-6-16-13-12(15)14(21-8-7-19-3)18-11(17-13)9-20-4/h10H,5-9,15H2,1-4H3,(H,16,17,18). The summed E-state index contributed by atoms with van der Waals surface area (Å²) in [7, 11) is 3.21. The second-order valence-electron chi connectivity index (χ2n) is 5.09. The van der Waals surface area contributed by atoms with E-state index in [1.165, 1.54) is 0 Å². The monoisotopic (exact) mass is 298 g/mol. The highest BCUT2D eigenvalue weighted by Gasteiger charge is 2.13. The van der Waals surface area contributed by atoms with Crippen LogP contribution in [0.5, 0.6) is 5.88 Å². The van der Waals surface area contributed by atoms with E-state index >= 15 is 0 Å². The van der Waals surface area contributed by atoms with Crippen LogP contribution < -0.4 is 15.8 Å². The molecule has 0 aliphatic heterocycles. The minimum Gasteiger partial charge on any atom is -0.474 e. The lowest BCUT2D eigenvalue weighted by Gasteiger charge is -2.14. The van der Waals surface area contributed by atoms with E-state index in [0.29, 0.717) is 48.9 Å². The molecule has 0 radical (unpaired) electrons.